The lowest BCUT2D eigenvalue weighted by Gasteiger charge is -2.13. The first-order valence-corrected chi connectivity index (χ1v) is 5.76. The molecule has 1 N–H and O–H groups in total. The molecule has 1 rings (SSSR count). The highest BCUT2D eigenvalue weighted by Gasteiger charge is 2.10. The van der Waals surface area contributed by atoms with Crippen molar-refractivity contribution in [1.82, 2.24) is 9.97 Å². The quantitative estimate of drug-likeness (QED) is 0.833. The van der Waals surface area contributed by atoms with Crippen molar-refractivity contribution in [1.29, 1.82) is 0 Å². The van der Waals surface area contributed by atoms with Crippen LogP contribution in [0, 0.1) is 19.8 Å². The summed E-state index contributed by atoms with van der Waals surface area (Å²) in [5.41, 5.74) is 0.980. The molecule has 16 heavy (non-hydrogen) atoms. The molecule has 0 fully saturated rings. The Balaban J connectivity index is 2.90. The number of rotatable bonds is 5. The third-order valence-corrected chi connectivity index (χ3v) is 2.11. The second-order valence-electron chi connectivity index (χ2n) is 4.28. The second kappa shape index (κ2) is 5.68. The van der Waals surface area contributed by atoms with Gasteiger partial charge in [0.05, 0.1) is 12.2 Å². The molecule has 0 aliphatic rings. The summed E-state index contributed by atoms with van der Waals surface area (Å²) < 4.78 is 5.67. The van der Waals surface area contributed by atoms with E-state index in [2.05, 4.69) is 29.1 Å². The lowest BCUT2D eigenvalue weighted by Crippen LogP contribution is -2.10. The van der Waals surface area contributed by atoms with Crippen LogP contribution >= 0.6 is 0 Å². The third kappa shape index (κ3) is 3.36. The van der Waals surface area contributed by atoms with E-state index in [1.54, 1.807) is 0 Å². The summed E-state index contributed by atoms with van der Waals surface area (Å²) >= 11 is 0. The molecule has 0 spiro atoms. The van der Waals surface area contributed by atoms with Crippen molar-refractivity contribution in [2.45, 2.75) is 34.6 Å². The molecular weight excluding hydrogens is 202 g/mol. The number of hydrogen-bond acceptors (Lipinski definition) is 4. The van der Waals surface area contributed by atoms with E-state index in [9.17, 15) is 0 Å². The zero-order valence-electron chi connectivity index (χ0n) is 10.8. The molecule has 0 atom stereocenters. The van der Waals surface area contributed by atoms with Gasteiger partial charge in [0.2, 0.25) is 5.88 Å². The first-order valence-electron chi connectivity index (χ1n) is 5.76. The summed E-state index contributed by atoms with van der Waals surface area (Å²) in [5.74, 6) is 2.79. The molecule has 0 aliphatic carbocycles. The van der Waals surface area contributed by atoms with E-state index in [-0.39, 0.29) is 0 Å². The molecule has 0 bridgehead atoms. The fourth-order valence-corrected chi connectivity index (χ4v) is 1.33. The predicted octanol–water partition coefficient (Wildman–Crippen LogP) is 2.56. The van der Waals surface area contributed by atoms with Crippen molar-refractivity contribution in [3.63, 3.8) is 0 Å². The van der Waals surface area contributed by atoms with Gasteiger partial charge in [0.1, 0.15) is 11.6 Å². The van der Waals surface area contributed by atoms with Crippen LogP contribution < -0.4 is 10.1 Å². The molecule has 0 saturated carbocycles. The third-order valence-electron chi connectivity index (χ3n) is 2.11. The van der Waals surface area contributed by atoms with Gasteiger partial charge >= 0.3 is 0 Å². The van der Waals surface area contributed by atoms with Crippen molar-refractivity contribution < 1.29 is 4.74 Å². The predicted molar refractivity (Wildman–Crippen MR) is 66.0 cm³/mol. The number of hydrogen-bond donors (Lipinski definition) is 1. The zero-order valence-corrected chi connectivity index (χ0v) is 10.8. The average Bonchev–Trinajstić information content (AvgIpc) is 2.21. The van der Waals surface area contributed by atoms with E-state index in [1.807, 2.05) is 20.8 Å². The standard InChI is InChI=1S/C12H21N3O/c1-6-13-11-9(4)12(15-10(5)14-11)16-7-8(2)3/h8H,6-7H2,1-5H3,(H,13,14,15). The highest BCUT2D eigenvalue weighted by Crippen LogP contribution is 2.22. The molecule has 0 aliphatic heterocycles. The maximum absolute atomic E-state index is 5.67. The Hall–Kier alpha value is -1.32. The molecule has 1 aromatic rings. The molecule has 4 nitrogen and oxygen atoms in total. The Bertz CT molecular complexity index is 350. The van der Waals surface area contributed by atoms with Gasteiger partial charge in [0, 0.05) is 6.54 Å². The van der Waals surface area contributed by atoms with Crippen LogP contribution in [0.4, 0.5) is 5.82 Å². The first kappa shape index (κ1) is 12.7. The molecule has 1 heterocycles. The van der Waals surface area contributed by atoms with Gasteiger partial charge in [-0.3, -0.25) is 0 Å². The van der Waals surface area contributed by atoms with Crippen LogP contribution in [-0.2, 0) is 0 Å². The Morgan fingerprint density at radius 2 is 1.94 bits per heavy atom. The minimum absolute atomic E-state index is 0.497. The fraction of sp³-hybridized carbons (Fsp3) is 0.667. The molecule has 4 heteroatoms. The van der Waals surface area contributed by atoms with E-state index in [0.29, 0.717) is 18.4 Å². The summed E-state index contributed by atoms with van der Waals surface area (Å²) in [5, 5.41) is 3.21. The number of ether oxygens (including phenoxy) is 1. The number of nitrogens with zero attached hydrogens (tertiary/aromatic N) is 2. The summed E-state index contributed by atoms with van der Waals surface area (Å²) in [7, 11) is 0. The summed E-state index contributed by atoms with van der Waals surface area (Å²) in [6.45, 7) is 11.7. The molecule has 0 amide bonds. The molecule has 0 aromatic carbocycles. The first-order chi connectivity index (χ1) is 7.54. The molecule has 0 radical (unpaired) electrons. The van der Waals surface area contributed by atoms with Crippen LogP contribution in [0.5, 0.6) is 5.88 Å². The molecule has 90 valence electrons. The highest BCUT2D eigenvalue weighted by atomic mass is 16.5. The maximum atomic E-state index is 5.67. The van der Waals surface area contributed by atoms with Crippen molar-refractivity contribution in [3.05, 3.63) is 11.4 Å². The smallest absolute Gasteiger partial charge is 0.221 e. The minimum atomic E-state index is 0.497. The van der Waals surface area contributed by atoms with E-state index in [0.717, 1.165) is 23.8 Å². The van der Waals surface area contributed by atoms with Crippen molar-refractivity contribution in [2.75, 3.05) is 18.5 Å². The maximum Gasteiger partial charge on any atom is 0.221 e. The number of anilines is 1. The van der Waals surface area contributed by atoms with Gasteiger partial charge in [-0.25, -0.2) is 4.98 Å². The highest BCUT2D eigenvalue weighted by molar-refractivity contribution is 5.48. The zero-order chi connectivity index (χ0) is 12.1. The fourth-order valence-electron chi connectivity index (χ4n) is 1.33. The summed E-state index contributed by atoms with van der Waals surface area (Å²) in [4.78, 5) is 8.66. The normalized spacial score (nSPS) is 10.6. The van der Waals surface area contributed by atoms with Crippen LogP contribution in [0.25, 0.3) is 0 Å². The van der Waals surface area contributed by atoms with E-state index in [4.69, 9.17) is 4.74 Å². The molecular formula is C12H21N3O. The van der Waals surface area contributed by atoms with Gasteiger partial charge in [-0.2, -0.15) is 4.98 Å². The van der Waals surface area contributed by atoms with E-state index >= 15 is 0 Å². The van der Waals surface area contributed by atoms with Crippen molar-refractivity contribution >= 4 is 5.82 Å². The molecule has 1 aromatic heterocycles. The van der Waals surface area contributed by atoms with E-state index < -0.39 is 0 Å². The monoisotopic (exact) mass is 223 g/mol. The van der Waals surface area contributed by atoms with E-state index in [1.165, 1.54) is 0 Å². The topological polar surface area (TPSA) is 47.0 Å². The Morgan fingerprint density at radius 1 is 1.25 bits per heavy atom. The van der Waals surface area contributed by atoms with Gasteiger partial charge in [0.25, 0.3) is 0 Å². The number of aryl methyl sites for hydroxylation is 1. The van der Waals surface area contributed by atoms with Gasteiger partial charge in [-0.15, -0.1) is 0 Å². The Morgan fingerprint density at radius 3 is 2.50 bits per heavy atom. The lowest BCUT2D eigenvalue weighted by molar-refractivity contribution is 0.259. The van der Waals surface area contributed by atoms with Crippen LogP contribution in [0.2, 0.25) is 0 Å². The van der Waals surface area contributed by atoms with Gasteiger partial charge < -0.3 is 10.1 Å². The SMILES string of the molecule is CCNc1nc(C)nc(OCC(C)C)c1C. The Kier molecular flexibility index (Phi) is 4.52. The Labute approximate surface area is 97.5 Å². The second-order valence-corrected chi connectivity index (χ2v) is 4.28. The number of aromatic nitrogens is 2. The lowest BCUT2D eigenvalue weighted by atomic mass is 10.2. The molecule has 0 unspecified atom stereocenters. The minimum Gasteiger partial charge on any atom is -0.477 e. The van der Waals surface area contributed by atoms with Crippen molar-refractivity contribution in [3.8, 4) is 5.88 Å². The summed E-state index contributed by atoms with van der Waals surface area (Å²) in [6, 6.07) is 0. The largest absolute Gasteiger partial charge is 0.477 e. The number of nitrogens with one attached hydrogen (secondary N) is 1. The van der Waals surface area contributed by atoms with Crippen LogP contribution in [0.15, 0.2) is 0 Å². The van der Waals surface area contributed by atoms with Crippen LogP contribution in [0.3, 0.4) is 0 Å². The van der Waals surface area contributed by atoms with Gasteiger partial charge in [-0.1, -0.05) is 13.8 Å². The van der Waals surface area contributed by atoms with Gasteiger partial charge in [-0.05, 0) is 26.7 Å². The van der Waals surface area contributed by atoms with Crippen LogP contribution in [-0.4, -0.2) is 23.1 Å². The molecule has 0 saturated heterocycles. The average molecular weight is 223 g/mol. The van der Waals surface area contributed by atoms with Gasteiger partial charge in [0.15, 0.2) is 0 Å². The van der Waals surface area contributed by atoms with Crippen molar-refractivity contribution in [2.24, 2.45) is 5.92 Å². The van der Waals surface area contributed by atoms with Crippen LogP contribution in [0.1, 0.15) is 32.2 Å². The summed E-state index contributed by atoms with van der Waals surface area (Å²) in [6.07, 6.45) is 0.